The highest BCUT2D eigenvalue weighted by atomic mass is 19.3. The number of aromatic nitrogens is 2. The van der Waals surface area contributed by atoms with Crippen molar-refractivity contribution in [1.82, 2.24) is 10.1 Å². The number of hydrogen-bond donors (Lipinski definition) is 0. The van der Waals surface area contributed by atoms with E-state index in [1.807, 2.05) is 13.8 Å². The molecule has 0 amide bonds. The lowest BCUT2D eigenvalue weighted by Crippen LogP contribution is -2.32. The van der Waals surface area contributed by atoms with E-state index < -0.39 is 25.6 Å². The van der Waals surface area contributed by atoms with E-state index >= 15 is 0 Å². The largest absolute Gasteiger partial charge is 0.367 e. The number of ether oxygens (including phenoxy) is 1. The van der Waals surface area contributed by atoms with Gasteiger partial charge in [0.15, 0.2) is 5.82 Å². The van der Waals surface area contributed by atoms with Crippen molar-refractivity contribution in [2.24, 2.45) is 5.92 Å². The molecular weight excluding hydrogens is 296 g/mol. The molecule has 0 spiro atoms. The Hall–Kier alpha value is -1.51. The minimum absolute atomic E-state index is 0.0415. The van der Waals surface area contributed by atoms with Crippen molar-refractivity contribution in [3.8, 4) is 0 Å². The zero-order valence-electron chi connectivity index (χ0n) is 11.6. The summed E-state index contributed by atoms with van der Waals surface area (Å²) in [7, 11) is 0. The number of ketones is 1. The molecule has 0 aromatic carbocycles. The molecule has 0 aliphatic rings. The Balaban J connectivity index is 2.40. The predicted octanol–water partition coefficient (Wildman–Crippen LogP) is 2.64. The van der Waals surface area contributed by atoms with Crippen molar-refractivity contribution in [1.29, 1.82) is 0 Å². The van der Waals surface area contributed by atoms with Crippen LogP contribution in [-0.2, 0) is 22.6 Å². The van der Waals surface area contributed by atoms with Gasteiger partial charge in [0, 0.05) is 6.42 Å². The maximum atomic E-state index is 12.6. The van der Waals surface area contributed by atoms with Crippen LogP contribution in [-0.4, -0.2) is 34.9 Å². The summed E-state index contributed by atoms with van der Waals surface area (Å²) in [6.45, 7) is 1.83. The Morgan fingerprint density at radius 1 is 1.38 bits per heavy atom. The fourth-order valence-corrected chi connectivity index (χ4v) is 1.46. The van der Waals surface area contributed by atoms with Gasteiger partial charge >= 0.3 is 12.3 Å². The summed E-state index contributed by atoms with van der Waals surface area (Å²) < 4.78 is 58.1. The maximum Gasteiger partial charge on any atom is 0.330 e. The van der Waals surface area contributed by atoms with Crippen molar-refractivity contribution in [2.75, 3.05) is 6.61 Å². The highest BCUT2D eigenvalue weighted by Crippen LogP contribution is 2.23. The lowest BCUT2D eigenvalue weighted by Gasteiger charge is -2.14. The van der Waals surface area contributed by atoms with E-state index in [1.165, 1.54) is 0 Å². The Kier molecular flexibility index (Phi) is 6.25. The summed E-state index contributed by atoms with van der Waals surface area (Å²) in [5, 5.41) is 3.42. The summed E-state index contributed by atoms with van der Waals surface area (Å²) >= 11 is 0. The highest BCUT2D eigenvalue weighted by molar-refractivity contribution is 5.80. The van der Waals surface area contributed by atoms with Gasteiger partial charge in [0.25, 0.3) is 0 Å². The third-order valence-electron chi connectivity index (χ3n) is 2.34. The van der Waals surface area contributed by atoms with E-state index in [0.29, 0.717) is 6.42 Å². The molecule has 0 unspecified atom stereocenters. The quantitative estimate of drug-likeness (QED) is 0.656. The maximum absolute atomic E-state index is 12.6. The van der Waals surface area contributed by atoms with Crippen LogP contribution in [0.15, 0.2) is 4.52 Å². The van der Waals surface area contributed by atoms with E-state index in [2.05, 4.69) is 14.9 Å². The SMILES string of the molecule is CC(C)CC(=O)Cc1nc(COCC(F)(F)C(F)F)no1. The zero-order valence-corrected chi connectivity index (χ0v) is 11.6. The van der Waals surface area contributed by atoms with Gasteiger partial charge in [0.2, 0.25) is 5.89 Å². The van der Waals surface area contributed by atoms with Crippen LogP contribution < -0.4 is 0 Å². The van der Waals surface area contributed by atoms with Gasteiger partial charge in [-0.1, -0.05) is 19.0 Å². The highest BCUT2D eigenvalue weighted by Gasteiger charge is 2.41. The standard InChI is InChI=1S/C12H16F4N2O3/c1-7(2)3-8(19)4-10-17-9(18-21-10)5-20-6-12(15,16)11(13)14/h7,11H,3-6H2,1-2H3. The molecular formula is C12H16F4N2O3. The third-order valence-corrected chi connectivity index (χ3v) is 2.34. The minimum Gasteiger partial charge on any atom is -0.367 e. The monoisotopic (exact) mass is 312 g/mol. The van der Waals surface area contributed by atoms with Crippen molar-refractivity contribution in [2.45, 2.75) is 45.6 Å². The normalized spacial score (nSPS) is 12.4. The van der Waals surface area contributed by atoms with Gasteiger partial charge in [0.1, 0.15) is 19.0 Å². The summed E-state index contributed by atoms with van der Waals surface area (Å²) in [4.78, 5) is 15.3. The van der Waals surface area contributed by atoms with Crippen molar-refractivity contribution >= 4 is 5.78 Å². The average molecular weight is 312 g/mol. The molecule has 0 radical (unpaired) electrons. The summed E-state index contributed by atoms with van der Waals surface area (Å²) in [5.74, 6) is -4.16. The number of carbonyl (C=O) groups is 1. The predicted molar refractivity (Wildman–Crippen MR) is 63.1 cm³/mol. The number of Topliss-reactive ketones (excluding diaryl/α,β-unsaturated/α-hetero) is 1. The van der Waals surface area contributed by atoms with E-state index in [4.69, 9.17) is 4.52 Å². The Morgan fingerprint density at radius 3 is 2.62 bits per heavy atom. The minimum atomic E-state index is -4.22. The number of hydrogen-bond acceptors (Lipinski definition) is 5. The second-order valence-electron chi connectivity index (χ2n) is 4.97. The topological polar surface area (TPSA) is 65.2 Å². The zero-order chi connectivity index (χ0) is 16.0. The molecule has 9 heteroatoms. The van der Waals surface area contributed by atoms with E-state index in [9.17, 15) is 22.4 Å². The first kappa shape index (κ1) is 17.5. The molecule has 0 aliphatic carbocycles. The molecule has 0 atom stereocenters. The molecule has 1 heterocycles. The van der Waals surface area contributed by atoms with Gasteiger partial charge in [0.05, 0.1) is 6.42 Å². The molecule has 0 N–H and O–H groups in total. The Morgan fingerprint density at radius 2 is 2.05 bits per heavy atom. The van der Waals surface area contributed by atoms with Crippen molar-refractivity contribution in [3.63, 3.8) is 0 Å². The first-order valence-electron chi connectivity index (χ1n) is 6.27. The average Bonchev–Trinajstić information content (AvgIpc) is 2.74. The van der Waals surface area contributed by atoms with Gasteiger partial charge < -0.3 is 9.26 Å². The van der Waals surface area contributed by atoms with E-state index in [-0.39, 0.29) is 29.8 Å². The molecule has 5 nitrogen and oxygen atoms in total. The number of carbonyl (C=O) groups excluding carboxylic acids is 1. The molecule has 21 heavy (non-hydrogen) atoms. The van der Waals surface area contributed by atoms with Gasteiger partial charge in [-0.05, 0) is 5.92 Å². The van der Waals surface area contributed by atoms with Gasteiger partial charge in [-0.3, -0.25) is 4.79 Å². The molecule has 0 aliphatic heterocycles. The fourth-order valence-electron chi connectivity index (χ4n) is 1.46. The summed E-state index contributed by atoms with van der Waals surface area (Å²) in [6.07, 6.45) is -3.50. The van der Waals surface area contributed by atoms with Crippen LogP contribution in [0.5, 0.6) is 0 Å². The molecule has 0 fully saturated rings. The number of halogens is 4. The molecule has 0 bridgehead atoms. The number of rotatable bonds is 9. The van der Waals surface area contributed by atoms with Crippen LogP contribution >= 0.6 is 0 Å². The second-order valence-corrected chi connectivity index (χ2v) is 4.97. The Labute approximate surface area is 118 Å². The first-order valence-corrected chi connectivity index (χ1v) is 6.27. The van der Waals surface area contributed by atoms with E-state index in [1.54, 1.807) is 0 Å². The number of nitrogens with zero attached hydrogens (tertiary/aromatic N) is 2. The molecule has 0 saturated heterocycles. The molecule has 120 valence electrons. The van der Waals surface area contributed by atoms with Crippen LogP contribution in [0.3, 0.4) is 0 Å². The fraction of sp³-hybridized carbons (Fsp3) is 0.750. The van der Waals surface area contributed by atoms with Crippen LogP contribution in [0.1, 0.15) is 32.0 Å². The Bertz CT molecular complexity index is 463. The molecule has 1 aromatic rings. The van der Waals surface area contributed by atoms with Crippen molar-refractivity contribution in [3.05, 3.63) is 11.7 Å². The smallest absolute Gasteiger partial charge is 0.330 e. The lowest BCUT2D eigenvalue weighted by molar-refractivity contribution is -0.168. The first-order chi connectivity index (χ1) is 9.70. The van der Waals surface area contributed by atoms with Crippen LogP contribution in [0.4, 0.5) is 17.6 Å². The van der Waals surface area contributed by atoms with Gasteiger partial charge in [-0.25, -0.2) is 8.78 Å². The molecule has 0 saturated carbocycles. The van der Waals surface area contributed by atoms with Crippen LogP contribution in [0.2, 0.25) is 0 Å². The van der Waals surface area contributed by atoms with Crippen LogP contribution in [0, 0.1) is 5.92 Å². The second kappa shape index (κ2) is 7.48. The lowest BCUT2D eigenvalue weighted by atomic mass is 10.1. The third kappa shape index (κ3) is 6.19. The summed E-state index contributed by atoms with van der Waals surface area (Å²) in [6, 6.07) is 0. The number of alkyl halides is 4. The van der Waals surface area contributed by atoms with Gasteiger partial charge in [-0.2, -0.15) is 13.8 Å². The van der Waals surface area contributed by atoms with Gasteiger partial charge in [-0.15, -0.1) is 0 Å². The molecule has 1 aromatic heterocycles. The van der Waals surface area contributed by atoms with E-state index in [0.717, 1.165) is 0 Å². The van der Waals surface area contributed by atoms with Crippen molar-refractivity contribution < 1.29 is 31.6 Å². The molecule has 1 rings (SSSR count). The van der Waals surface area contributed by atoms with Crippen LogP contribution in [0.25, 0.3) is 0 Å². The summed E-state index contributed by atoms with van der Waals surface area (Å²) in [5.41, 5.74) is 0.